The van der Waals surface area contributed by atoms with E-state index < -0.39 is 0 Å². The Kier molecular flexibility index (Phi) is 5.10. The maximum absolute atomic E-state index is 12.6. The Hall–Kier alpha value is -3.21. The maximum atomic E-state index is 12.6. The van der Waals surface area contributed by atoms with E-state index >= 15 is 0 Å². The summed E-state index contributed by atoms with van der Waals surface area (Å²) < 4.78 is 16.8. The first-order valence-electron chi connectivity index (χ1n) is 9.07. The minimum Gasteiger partial charge on any atom is -0.490 e. The molecule has 4 rings (SSSR count). The van der Waals surface area contributed by atoms with Gasteiger partial charge >= 0.3 is 0 Å². The molecule has 27 heavy (non-hydrogen) atoms. The van der Waals surface area contributed by atoms with Crippen LogP contribution in [0.3, 0.4) is 0 Å². The number of nitrogens with one attached hydrogen (secondary N) is 1. The maximum Gasteiger partial charge on any atom is 0.287 e. The summed E-state index contributed by atoms with van der Waals surface area (Å²) in [7, 11) is 0. The number of carbonyl (C=O) groups is 1. The van der Waals surface area contributed by atoms with Crippen molar-refractivity contribution in [1.82, 2.24) is 5.32 Å². The van der Waals surface area contributed by atoms with Crippen LogP contribution in [-0.2, 0) is 6.42 Å². The van der Waals surface area contributed by atoms with Crippen LogP contribution in [-0.4, -0.2) is 19.1 Å². The van der Waals surface area contributed by atoms with Gasteiger partial charge in [-0.05, 0) is 41.8 Å². The highest BCUT2D eigenvalue weighted by atomic mass is 16.5. The first-order chi connectivity index (χ1) is 13.3. The molecule has 0 fully saturated rings. The highest BCUT2D eigenvalue weighted by Crippen LogP contribution is 2.33. The third kappa shape index (κ3) is 4.14. The molecule has 1 atom stereocenters. The zero-order chi connectivity index (χ0) is 18.5. The molecular formula is C22H21NO4. The number of hydrogen-bond acceptors (Lipinski definition) is 4. The fourth-order valence-corrected chi connectivity index (χ4v) is 3.14. The number of amides is 1. The van der Waals surface area contributed by atoms with Gasteiger partial charge in [0.15, 0.2) is 17.3 Å². The Labute approximate surface area is 157 Å². The molecule has 138 valence electrons. The highest BCUT2D eigenvalue weighted by molar-refractivity contribution is 5.91. The number of hydrogen-bond donors (Lipinski definition) is 1. The normalized spacial score (nSPS) is 14.2. The quantitative estimate of drug-likeness (QED) is 0.740. The van der Waals surface area contributed by atoms with E-state index in [4.69, 9.17) is 13.9 Å². The predicted octanol–water partition coefficient (Wildman–Crippen LogP) is 4.15. The molecule has 0 spiro atoms. The Bertz CT molecular complexity index is 890. The molecule has 3 aromatic rings. The summed E-state index contributed by atoms with van der Waals surface area (Å²) in [5.41, 5.74) is 2.09. The predicted molar refractivity (Wildman–Crippen MR) is 101 cm³/mol. The number of carbonyl (C=O) groups excluding carboxylic acids is 1. The van der Waals surface area contributed by atoms with Crippen molar-refractivity contribution in [1.29, 1.82) is 0 Å². The van der Waals surface area contributed by atoms with Crippen LogP contribution in [0.4, 0.5) is 0 Å². The van der Waals surface area contributed by atoms with Crippen LogP contribution >= 0.6 is 0 Å². The van der Waals surface area contributed by atoms with Gasteiger partial charge in [0.1, 0.15) is 0 Å². The standard InChI is InChI=1S/C22H21NO4/c24-22(20-8-4-11-26-20)23-18(14-16-6-2-1-3-7-16)17-9-10-19-21(15-17)27-13-5-12-25-19/h1-4,6-11,15,18H,5,12-14H2,(H,23,24). The van der Waals surface area contributed by atoms with Gasteiger partial charge in [0.25, 0.3) is 5.91 Å². The molecule has 1 unspecified atom stereocenters. The zero-order valence-electron chi connectivity index (χ0n) is 14.9. The number of ether oxygens (including phenoxy) is 2. The Morgan fingerprint density at radius 3 is 2.56 bits per heavy atom. The van der Waals surface area contributed by atoms with Crippen molar-refractivity contribution in [2.75, 3.05) is 13.2 Å². The van der Waals surface area contributed by atoms with Gasteiger partial charge in [-0.25, -0.2) is 0 Å². The summed E-state index contributed by atoms with van der Waals surface area (Å²) in [4.78, 5) is 12.6. The van der Waals surface area contributed by atoms with E-state index in [1.807, 2.05) is 36.4 Å². The Balaban J connectivity index is 1.62. The second kappa shape index (κ2) is 7.99. The van der Waals surface area contributed by atoms with Gasteiger partial charge < -0.3 is 19.2 Å². The van der Waals surface area contributed by atoms with Gasteiger partial charge in [-0.15, -0.1) is 0 Å². The molecule has 0 bridgehead atoms. The van der Waals surface area contributed by atoms with Gasteiger partial charge in [0.05, 0.1) is 25.5 Å². The monoisotopic (exact) mass is 363 g/mol. The van der Waals surface area contributed by atoms with E-state index in [2.05, 4.69) is 17.4 Å². The number of benzene rings is 2. The molecule has 1 amide bonds. The second-order valence-corrected chi connectivity index (χ2v) is 6.45. The molecule has 5 heteroatoms. The van der Waals surface area contributed by atoms with E-state index in [1.54, 1.807) is 12.1 Å². The fraction of sp³-hybridized carbons (Fsp3) is 0.227. The lowest BCUT2D eigenvalue weighted by Gasteiger charge is -2.20. The lowest BCUT2D eigenvalue weighted by Crippen LogP contribution is -2.29. The van der Waals surface area contributed by atoms with Crippen LogP contribution in [0.15, 0.2) is 71.3 Å². The molecule has 0 radical (unpaired) electrons. The van der Waals surface area contributed by atoms with Crippen LogP contribution in [0.2, 0.25) is 0 Å². The summed E-state index contributed by atoms with van der Waals surface area (Å²) in [6.45, 7) is 1.27. The molecule has 0 saturated heterocycles. The molecule has 0 aliphatic carbocycles. The number of furan rings is 1. The second-order valence-electron chi connectivity index (χ2n) is 6.45. The molecule has 5 nitrogen and oxygen atoms in total. The lowest BCUT2D eigenvalue weighted by molar-refractivity contribution is 0.0908. The van der Waals surface area contributed by atoms with Gasteiger partial charge in [0, 0.05) is 6.42 Å². The summed E-state index contributed by atoms with van der Waals surface area (Å²) in [6.07, 6.45) is 3.01. The molecule has 2 aromatic carbocycles. The summed E-state index contributed by atoms with van der Waals surface area (Å²) in [6, 6.07) is 19.0. The van der Waals surface area contributed by atoms with Crippen molar-refractivity contribution < 1.29 is 18.7 Å². The van der Waals surface area contributed by atoms with Crippen molar-refractivity contribution in [3.05, 3.63) is 83.8 Å². The highest BCUT2D eigenvalue weighted by Gasteiger charge is 2.20. The van der Waals surface area contributed by atoms with Crippen LogP contribution in [0.5, 0.6) is 11.5 Å². The summed E-state index contributed by atoms with van der Waals surface area (Å²) >= 11 is 0. The Morgan fingerprint density at radius 1 is 0.963 bits per heavy atom. The summed E-state index contributed by atoms with van der Waals surface area (Å²) in [5.74, 6) is 1.51. The molecule has 1 aliphatic rings. The van der Waals surface area contributed by atoms with E-state index in [9.17, 15) is 4.79 Å². The first-order valence-corrected chi connectivity index (χ1v) is 9.07. The van der Waals surface area contributed by atoms with Crippen molar-refractivity contribution in [3.63, 3.8) is 0 Å². The van der Waals surface area contributed by atoms with Crippen molar-refractivity contribution in [2.45, 2.75) is 18.9 Å². The minimum absolute atomic E-state index is 0.220. The van der Waals surface area contributed by atoms with Gasteiger partial charge in [-0.1, -0.05) is 36.4 Å². The lowest BCUT2D eigenvalue weighted by atomic mass is 9.98. The van der Waals surface area contributed by atoms with Gasteiger partial charge in [-0.3, -0.25) is 4.79 Å². The molecule has 0 saturated carbocycles. The van der Waals surface area contributed by atoms with E-state index in [-0.39, 0.29) is 11.9 Å². The zero-order valence-corrected chi connectivity index (χ0v) is 14.9. The number of fused-ring (bicyclic) bond motifs is 1. The van der Waals surface area contributed by atoms with Crippen LogP contribution in [0.25, 0.3) is 0 Å². The molecule has 2 heterocycles. The Morgan fingerprint density at radius 2 is 1.78 bits per heavy atom. The van der Waals surface area contributed by atoms with Gasteiger partial charge in [0.2, 0.25) is 0 Å². The smallest absolute Gasteiger partial charge is 0.287 e. The van der Waals surface area contributed by atoms with E-state index in [0.29, 0.717) is 25.4 Å². The van der Waals surface area contributed by atoms with Crippen LogP contribution in [0, 0.1) is 0 Å². The third-order valence-corrected chi connectivity index (χ3v) is 4.51. The first kappa shape index (κ1) is 17.2. The fourth-order valence-electron chi connectivity index (χ4n) is 3.14. The molecule has 1 N–H and O–H groups in total. The van der Waals surface area contributed by atoms with E-state index in [1.165, 1.54) is 6.26 Å². The number of rotatable bonds is 5. The largest absolute Gasteiger partial charge is 0.490 e. The molecular weight excluding hydrogens is 342 g/mol. The van der Waals surface area contributed by atoms with Crippen LogP contribution in [0.1, 0.15) is 34.1 Å². The van der Waals surface area contributed by atoms with E-state index in [0.717, 1.165) is 29.0 Å². The SMILES string of the molecule is O=C(NC(Cc1ccccc1)c1ccc2c(c1)OCCCO2)c1ccco1. The topological polar surface area (TPSA) is 60.7 Å². The average Bonchev–Trinajstić information content (AvgIpc) is 3.14. The van der Waals surface area contributed by atoms with Crippen molar-refractivity contribution in [2.24, 2.45) is 0 Å². The van der Waals surface area contributed by atoms with Gasteiger partial charge in [-0.2, -0.15) is 0 Å². The molecule has 1 aromatic heterocycles. The van der Waals surface area contributed by atoms with Crippen molar-refractivity contribution >= 4 is 5.91 Å². The average molecular weight is 363 g/mol. The van der Waals surface area contributed by atoms with Crippen molar-refractivity contribution in [3.8, 4) is 11.5 Å². The molecule has 1 aliphatic heterocycles. The van der Waals surface area contributed by atoms with Crippen LogP contribution < -0.4 is 14.8 Å². The third-order valence-electron chi connectivity index (χ3n) is 4.51. The minimum atomic E-state index is -0.243. The summed E-state index contributed by atoms with van der Waals surface area (Å²) in [5, 5.41) is 3.08.